The van der Waals surface area contributed by atoms with Gasteiger partial charge < -0.3 is 4.74 Å². The Bertz CT molecular complexity index is 150. The van der Waals surface area contributed by atoms with Crippen molar-refractivity contribution in [2.45, 2.75) is 53.4 Å². The second kappa shape index (κ2) is 6.01. The predicted octanol–water partition coefficient (Wildman–Crippen LogP) is 3.16. The Kier molecular flexibility index (Phi) is 5.76. The maximum absolute atomic E-state index is 11.4. The largest absolute Gasteiger partial charge is 0.465 e. The summed E-state index contributed by atoms with van der Waals surface area (Å²) in [6.45, 7) is 8.57. The van der Waals surface area contributed by atoms with E-state index in [2.05, 4.69) is 6.92 Å². The van der Waals surface area contributed by atoms with Gasteiger partial charge in [-0.15, -0.1) is 0 Å². The van der Waals surface area contributed by atoms with Crippen LogP contribution in [0.25, 0.3) is 0 Å². The van der Waals surface area contributed by atoms with Crippen molar-refractivity contribution in [1.82, 2.24) is 0 Å². The monoisotopic (exact) mass is 186 g/mol. The highest BCUT2D eigenvalue weighted by Gasteiger charge is 2.26. The van der Waals surface area contributed by atoms with Crippen molar-refractivity contribution < 1.29 is 9.53 Å². The molecule has 0 saturated heterocycles. The van der Waals surface area contributed by atoms with E-state index in [1.165, 1.54) is 0 Å². The number of carbonyl (C=O) groups is 1. The summed E-state index contributed by atoms with van der Waals surface area (Å²) >= 11 is 0. The molecule has 0 fully saturated rings. The lowest BCUT2D eigenvalue weighted by Crippen LogP contribution is -2.26. The summed E-state index contributed by atoms with van der Waals surface area (Å²) in [5.74, 6) is -0.0638. The van der Waals surface area contributed by atoms with E-state index in [0.29, 0.717) is 6.61 Å². The normalized spacial score (nSPS) is 11.4. The highest BCUT2D eigenvalue weighted by molar-refractivity contribution is 5.75. The quantitative estimate of drug-likeness (QED) is 0.470. The molecule has 2 nitrogen and oxygen atoms in total. The van der Waals surface area contributed by atoms with E-state index < -0.39 is 0 Å². The van der Waals surface area contributed by atoms with Crippen LogP contribution >= 0.6 is 0 Å². The van der Waals surface area contributed by atoms with Crippen LogP contribution in [0.15, 0.2) is 0 Å². The van der Waals surface area contributed by atoms with Gasteiger partial charge in [0.25, 0.3) is 0 Å². The van der Waals surface area contributed by atoms with Crippen LogP contribution in [0, 0.1) is 5.41 Å². The first kappa shape index (κ1) is 12.5. The summed E-state index contributed by atoms with van der Waals surface area (Å²) < 4.78 is 5.16. The molecule has 0 spiro atoms. The Morgan fingerprint density at radius 1 is 1.23 bits per heavy atom. The second-order valence-electron chi connectivity index (χ2n) is 4.08. The SMILES string of the molecule is CCCCCOC(=O)C(C)(C)CC. The fourth-order valence-corrected chi connectivity index (χ4v) is 0.857. The molecule has 0 aromatic rings. The second-order valence-corrected chi connectivity index (χ2v) is 4.08. The Morgan fingerprint density at radius 3 is 2.31 bits per heavy atom. The third-order valence-corrected chi connectivity index (χ3v) is 2.42. The van der Waals surface area contributed by atoms with Gasteiger partial charge in [-0.25, -0.2) is 0 Å². The van der Waals surface area contributed by atoms with E-state index in [1.807, 2.05) is 20.8 Å². The molecule has 0 radical (unpaired) electrons. The van der Waals surface area contributed by atoms with Crippen LogP contribution in [0.1, 0.15) is 53.4 Å². The minimum atomic E-state index is -0.313. The first-order chi connectivity index (χ1) is 6.04. The van der Waals surface area contributed by atoms with Gasteiger partial charge in [0.05, 0.1) is 12.0 Å². The predicted molar refractivity (Wildman–Crippen MR) is 54.6 cm³/mol. The first-order valence-electron chi connectivity index (χ1n) is 5.21. The van der Waals surface area contributed by atoms with Crippen molar-refractivity contribution in [1.29, 1.82) is 0 Å². The first-order valence-corrected chi connectivity index (χ1v) is 5.21. The molecular formula is C11H22O2. The van der Waals surface area contributed by atoms with Crippen molar-refractivity contribution in [3.63, 3.8) is 0 Å². The number of rotatable bonds is 6. The number of hydrogen-bond donors (Lipinski definition) is 0. The molecule has 0 aliphatic carbocycles. The Labute approximate surface area is 81.7 Å². The molecule has 0 bridgehead atoms. The Hall–Kier alpha value is -0.530. The van der Waals surface area contributed by atoms with Crippen molar-refractivity contribution >= 4 is 5.97 Å². The number of unbranched alkanes of at least 4 members (excludes halogenated alkanes) is 2. The van der Waals surface area contributed by atoms with Crippen LogP contribution in [0.2, 0.25) is 0 Å². The summed E-state index contributed by atoms with van der Waals surface area (Å²) in [4.78, 5) is 11.4. The summed E-state index contributed by atoms with van der Waals surface area (Å²) in [6, 6.07) is 0. The number of esters is 1. The maximum atomic E-state index is 11.4. The zero-order valence-electron chi connectivity index (χ0n) is 9.35. The van der Waals surface area contributed by atoms with Crippen LogP contribution in [-0.4, -0.2) is 12.6 Å². The van der Waals surface area contributed by atoms with Crippen molar-refractivity contribution in [3.05, 3.63) is 0 Å². The van der Waals surface area contributed by atoms with Gasteiger partial charge in [0.2, 0.25) is 0 Å². The minimum absolute atomic E-state index is 0.0638. The van der Waals surface area contributed by atoms with Crippen LogP contribution < -0.4 is 0 Å². The van der Waals surface area contributed by atoms with Crippen LogP contribution in [0.5, 0.6) is 0 Å². The average Bonchev–Trinajstić information content (AvgIpc) is 2.12. The fraction of sp³-hybridized carbons (Fsp3) is 0.909. The van der Waals surface area contributed by atoms with Gasteiger partial charge in [0, 0.05) is 0 Å². The minimum Gasteiger partial charge on any atom is -0.465 e. The van der Waals surface area contributed by atoms with Crippen molar-refractivity contribution in [2.24, 2.45) is 5.41 Å². The van der Waals surface area contributed by atoms with E-state index in [0.717, 1.165) is 25.7 Å². The molecule has 13 heavy (non-hydrogen) atoms. The molecule has 0 amide bonds. The van der Waals surface area contributed by atoms with E-state index in [1.54, 1.807) is 0 Å². The highest BCUT2D eigenvalue weighted by atomic mass is 16.5. The molecule has 78 valence electrons. The summed E-state index contributed by atoms with van der Waals surface area (Å²) in [5, 5.41) is 0. The number of hydrogen-bond acceptors (Lipinski definition) is 2. The van der Waals surface area contributed by atoms with E-state index in [-0.39, 0.29) is 11.4 Å². The van der Waals surface area contributed by atoms with Crippen LogP contribution in [-0.2, 0) is 9.53 Å². The summed E-state index contributed by atoms with van der Waals surface area (Å²) in [7, 11) is 0. The third-order valence-electron chi connectivity index (χ3n) is 2.42. The van der Waals surface area contributed by atoms with Gasteiger partial charge in [-0.05, 0) is 26.7 Å². The van der Waals surface area contributed by atoms with Crippen molar-refractivity contribution in [2.75, 3.05) is 6.61 Å². The van der Waals surface area contributed by atoms with Gasteiger partial charge in [-0.2, -0.15) is 0 Å². The van der Waals surface area contributed by atoms with Gasteiger partial charge in [-0.1, -0.05) is 26.7 Å². The number of ether oxygens (including phenoxy) is 1. The smallest absolute Gasteiger partial charge is 0.311 e. The fourth-order valence-electron chi connectivity index (χ4n) is 0.857. The van der Waals surface area contributed by atoms with E-state index >= 15 is 0 Å². The molecular weight excluding hydrogens is 164 g/mol. The average molecular weight is 186 g/mol. The molecule has 0 unspecified atom stereocenters. The zero-order chi connectivity index (χ0) is 10.3. The van der Waals surface area contributed by atoms with Gasteiger partial charge in [-0.3, -0.25) is 4.79 Å². The summed E-state index contributed by atoms with van der Waals surface area (Å²) in [6.07, 6.45) is 4.12. The lowest BCUT2D eigenvalue weighted by molar-refractivity contribution is -0.154. The molecule has 0 atom stereocenters. The van der Waals surface area contributed by atoms with Crippen molar-refractivity contribution in [3.8, 4) is 0 Å². The molecule has 0 heterocycles. The molecule has 0 N–H and O–H groups in total. The van der Waals surface area contributed by atoms with Crippen LogP contribution in [0.3, 0.4) is 0 Å². The van der Waals surface area contributed by atoms with Gasteiger partial charge in [0.1, 0.15) is 0 Å². The molecule has 0 saturated carbocycles. The maximum Gasteiger partial charge on any atom is 0.311 e. The molecule has 0 aromatic carbocycles. The molecule has 0 rings (SSSR count). The molecule has 0 aromatic heterocycles. The molecule has 0 aliphatic heterocycles. The topological polar surface area (TPSA) is 26.3 Å². The summed E-state index contributed by atoms with van der Waals surface area (Å²) in [5.41, 5.74) is -0.313. The van der Waals surface area contributed by atoms with Gasteiger partial charge in [0.15, 0.2) is 0 Å². The standard InChI is InChI=1S/C11H22O2/c1-5-7-8-9-13-10(12)11(3,4)6-2/h5-9H2,1-4H3. The molecule has 0 aliphatic rings. The van der Waals surface area contributed by atoms with Gasteiger partial charge >= 0.3 is 5.97 Å². The lowest BCUT2D eigenvalue weighted by Gasteiger charge is -2.20. The molecule has 2 heteroatoms. The van der Waals surface area contributed by atoms with Crippen LogP contribution in [0.4, 0.5) is 0 Å². The Balaban J connectivity index is 3.62. The zero-order valence-corrected chi connectivity index (χ0v) is 9.35. The number of carbonyl (C=O) groups excluding carboxylic acids is 1. The third kappa shape index (κ3) is 4.91. The Morgan fingerprint density at radius 2 is 1.85 bits per heavy atom. The van der Waals surface area contributed by atoms with E-state index in [9.17, 15) is 4.79 Å². The highest BCUT2D eigenvalue weighted by Crippen LogP contribution is 2.21. The van der Waals surface area contributed by atoms with E-state index in [4.69, 9.17) is 4.74 Å². The lowest BCUT2D eigenvalue weighted by atomic mass is 9.91.